The fourth-order valence-electron chi connectivity index (χ4n) is 8.31. The van der Waals surface area contributed by atoms with Gasteiger partial charge in [-0.1, -0.05) is 148 Å². The van der Waals surface area contributed by atoms with Gasteiger partial charge in [0.1, 0.15) is 18.1 Å². The molecule has 9 nitrogen and oxygen atoms in total. The molecule has 0 radical (unpaired) electrons. The third kappa shape index (κ3) is 15.7. The first-order valence-electron chi connectivity index (χ1n) is 22.1. The second kappa shape index (κ2) is 26.0. The quantitative estimate of drug-likeness (QED) is 0.0831. The van der Waals surface area contributed by atoms with E-state index in [0.717, 1.165) is 56.9 Å². The molecule has 0 saturated carbocycles. The molecule has 2 aliphatic rings. The molecule has 5 unspecified atom stereocenters. The standard InChI is InChI=1S/C45H77N5O4/c1-6-9-10-11-12-13-14-15-16-17-18-19-20-23-33-46-42(51)38(24-7-2)47-43(52)40-32-31-37-25-21-22-26-39(45(54)50(37)40)48-44(53)41(49(4)5)34-36-29-27-35(8-3)28-30-36/h27-30,37-41H,6-26,31-34H2,1-5H3,(H,46,51)(H,47,52)(H,48,53). The minimum Gasteiger partial charge on any atom is -0.354 e. The monoisotopic (exact) mass is 752 g/mol. The Morgan fingerprint density at radius 3 is 1.87 bits per heavy atom. The number of fused-ring (bicyclic) bond motifs is 1. The van der Waals surface area contributed by atoms with Crippen LogP contribution in [0.4, 0.5) is 0 Å². The van der Waals surface area contributed by atoms with Crippen LogP contribution in [-0.4, -0.2) is 84.3 Å². The van der Waals surface area contributed by atoms with Crippen molar-refractivity contribution in [1.29, 1.82) is 0 Å². The van der Waals surface area contributed by atoms with Crippen LogP contribution in [-0.2, 0) is 32.0 Å². The number of benzene rings is 1. The Morgan fingerprint density at radius 2 is 1.30 bits per heavy atom. The number of hydrogen-bond acceptors (Lipinski definition) is 5. The highest BCUT2D eigenvalue weighted by molar-refractivity contribution is 5.95. The van der Waals surface area contributed by atoms with Gasteiger partial charge < -0.3 is 20.9 Å². The lowest BCUT2D eigenvalue weighted by Gasteiger charge is -2.36. The molecule has 1 aromatic rings. The van der Waals surface area contributed by atoms with Crippen molar-refractivity contribution in [3.63, 3.8) is 0 Å². The van der Waals surface area contributed by atoms with E-state index >= 15 is 0 Å². The topological polar surface area (TPSA) is 111 Å². The summed E-state index contributed by atoms with van der Waals surface area (Å²) in [5.74, 6) is -0.751. The molecule has 2 heterocycles. The Morgan fingerprint density at radius 1 is 0.722 bits per heavy atom. The summed E-state index contributed by atoms with van der Waals surface area (Å²) in [6.07, 6.45) is 25.4. The number of carbonyl (C=O) groups excluding carboxylic acids is 4. The van der Waals surface area contributed by atoms with Gasteiger partial charge >= 0.3 is 0 Å². The Hall–Kier alpha value is -2.94. The molecule has 0 spiro atoms. The summed E-state index contributed by atoms with van der Waals surface area (Å²) in [5.41, 5.74) is 2.33. The zero-order valence-corrected chi connectivity index (χ0v) is 34.9. The molecule has 306 valence electrons. The first-order valence-corrected chi connectivity index (χ1v) is 22.1. The van der Waals surface area contributed by atoms with Crippen LogP contribution < -0.4 is 16.0 Å². The van der Waals surface area contributed by atoms with Gasteiger partial charge in [-0.05, 0) is 76.6 Å². The number of amides is 4. The van der Waals surface area contributed by atoms with Crippen LogP contribution in [0.3, 0.4) is 0 Å². The van der Waals surface area contributed by atoms with Gasteiger partial charge in [0, 0.05) is 12.6 Å². The largest absolute Gasteiger partial charge is 0.354 e. The summed E-state index contributed by atoms with van der Waals surface area (Å²) in [7, 11) is 3.79. The number of likely N-dealkylation sites (N-methyl/N-ethyl adjacent to an activating group) is 1. The first-order chi connectivity index (χ1) is 26.2. The van der Waals surface area contributed by atoms with Crippen molar-refractivity contribution in [3.05, 3.63) is 35.4 Å². The van der Waals surface area contributed by atoms with E-state index in [9.17, 15) is 19.2 Å². The zero-order chi connectivity index (χ0) is 39.1. The van der Waals surface area contributed by atoms with Gasteiger partial charge in [-0.3, -0.25) is 24.1 Å². The predicted molar refractivity (Wildman–Crippen MR) is 221 cm³/mol. The van der Waals surface area contributed by atoms with Gasteiger partial charge in [0.05, 0.1) is 6.04 Å². The fourth-order valence-corrected chi connectivity index (χ4v) is 8.31. The highest BCUT2D eigenvalue weighted by Gasteiger charge is 2.44. The van der Waals surface area contributed by atoms with Crippen molar-refractivity contribution >= 4 is 23.6 Å². The van der Waals surface area contributed by atoms with Gasteiger partial charge in [0.25, 0.3) is 0 Å². The lowest BCUT2D eigenvalue weighted by Crippen LogP contribution is -2.59. The van der Waals surface area contributed by atoms with Crippen LogP contribution in [0.25, 0.3) is 0 Å². The second-order valence-corrected chi connectivity index (χ2v) is 16.4. The molecule has 0 bridgehead atoms. The van der Waals surface area contributed by atoms with Crippen LogP contribution in [0.1, 0.15) is 173 Å². The summed E-state index contributed by atoms with van der Waals surface area (Å²) in [4.78, 5) is 58.7. The molecule has 3 N–H and O–H groups in total. The van der Waals surface area contributed by atoms with Crippen molar-refractivity contribution in [2.45, 2.75) is 205 Å². The van der Waals surface area contributed by atoms with Crippen LogP contribution in [0.15, 0.2) is 24.3 Å². The molecule has 3 rings (SSSR count). The molecule has 2 aliphatic heterocycles. The van der Waals surface area contributed by atoms with Crippen molar-refractivity contribution in [1.82, 2.24) is 25.8 Å². The van der Waals surface area contributed by atoms with Gasteiger partial charge in [0.2, 0.25) is 23.6 Å². The van der Waals surface area contributed by atoms with Crippen molar-refractivity contribution in [2.24, 2.45) is 0 Å². The first kappa shape index (κ1) is 45.4. The van der Waals surface area contributed by atoms with Crippen molar-refractivity contribution < 1.29 is 19.2 Å². The number of hydrogen-bond donors (Lipinski definition) is 3. The average Bonchev–Trinajstić information content (AvgIpc) is 3.58. The maximum atomic E-state index is 14.2. The number of unbranched alkanes of at least 4 members (excludes halogenated alkanes) is 13. The van der Waals surface area contributed by atoms with Crippen molar-refractivity contribution in [3.8, 4) is 0 Å². The number of rotatable bonds is 26. The van der Waals surface area contributed by atoms with Crippen LogP contribution in [0.2, 0.25) is 0 Å². The van der Waals surface area contributed by atoms with Gasteiger partial charge in [-0.2, -0.15) is 0 Å². The van der Waals surface area contributed by atoms with Gasteiger partial charge in [0.15, 0.2) is 0 Å². The van der Waals surface area contributed by atoms with E-state index in [1.54, 1.807) is 4.90 Å². The summed E-state index contributed by atoms with van der Waals surface area (Å²) in [6, 6.07) is 5.96. The van der Waals surface area contributed by atoms with Crippen LogP contribution >= 0.6 is 0 Å². The van der Waals surface area contributed by atoms with E-state index in [1.807, 2.05) is 25.9 Å². The Bertz CT molecular complexity index is 1240. The third-order valence-corrected chi connectivity index (χ3v) is 11.8. The van der Waals surface area contributed by atoms with E-state index in [4.69, 9.17) is 0 Å². The Balaban J connectivity index is 1.46. The maximum Gasteiger partial charge on any atom is 0.246 e. The van der Waals surface area contributed by atoms with E-state index < -0.39 is 24.2 Å². The minimum absolute atomic E-state index is 0.0338. The molecule has 9 heteroatoms. The molecule has 5 atom stereocenters. The number of aryl methyl sites for hydroxylation is 1. The molecule has 0 aliphatic carbocycles. The third-order valence-electron chi connectivity index (χ3n) is 11.8. The molecule has 2 fully saturated rings. The second-order valence-electron chi connectivity index (χ2n) is 16.4. The Labute approximate surface area is 328 Å². The van der Waals surface area contributed by atoms with Gasteiger partial charge in [-0.15, -0.1) is 0 Å². The van der Waals surface area contributed by atoms with Crippen LogP contribution in [0.5, 0.6) is 0 Å². The number of carbonyl (C=O) groups is 4. The minimum atomic E-state index is -0.682. The summed E-state index contributed by atoms with van der Waals surface area (Å²) >= 11 is 0. The normalized spacial score (nSPS) is 19.9. The molecule has 54 heavy (non-hydrogen) atoms. The lowest BCUT2D eigenvalue weighted by molar-refractivity contribution is -0.145. The summed E-state index contributed by atoms with van der Waals surface area (Å²) in [5, 5.41) is 9.22. The molecule has 2 saturated heterocycles. The predicted octanol–water partition coefficient (Wildman–Crippen LogP) is 8.02. The molecular formula is C45H77N5O4. The summed E-state index contributed by atoms with van der Waals surface area (Å²) in [6.45, 7) is 7.02. The highest BCUT2D eigenvalue weighted by atomic mass is 16.2. The molecule has 0 aromatic heterocycles. The van der Waals surface area contributed by atoms with Gasteiger partial charge in [-0.25, -0.2) is 0 Å². The smallest absolute Gasteiger partial charge is 0.246 e. The molecule has 4 amide bonds. The van der Waals surface area contributed by atoms with E-state index in [2.05, 4.69) is 54.1 Å². The van der Waals surface area contributed by atoms with Crippen LogP contribution in [0, 0.1) is 0 Å². The van der Waals surface area contributed by atoms with E-state index in [0.29, 0.717) is 32.2 Å². The SMILES string of the molecule is CCCCCCCCCCCCCCCCNC(=O)C(CCC)NC(=O)C1CCC2CCCCC(NC(=O)C(Cc3ccc(CC)cc3)N(C)C)C(=O)N21. The van der Waals surface area contributed by atoms with E-state index in [1.165, 1.54) is 82.6 Å². The van der Waals surface area contributed by atoms with Crippen molar-refractivity contribution in [2.75, 3.05) is 20.6 Å². The lowest BCUT2D eigenvalue weighted by atomic mass is 9.97. The van der Waals surface area contributed by atoms with E-state index in [-0.39, 0.29) is 29.7 Å². The maximum absolute atomic E-state index is 14.2. The average molecular weight is 752 g/mol. The molecular weight excluding hydrogens is 675 g/mol. The highest BCUT2D eigenvalue weighted by Crippen LogP contribution is 2.31. The zero-order valence-electron chi connectivity index (χ0n) is 34.9. The number of nitrogens with zero attached hydrogens (tertiary/aromatic N) is 2. The fraction of sp³-hybridized carbons (Fsp3) is 0.778. The molecule has 1 aromatic carbocycles. The summed E-state index contributed by atoms with van der Waals surface area (Å²) < 4.78 is 0. The number of nitrogens with one attached hydrogen (secondary N) is 3. The Kier molecular flexibility index (Phi) is 21.9.